The van der Waals surface area contributed by atoms with Gasteiger partial charge in [-0.15, -0.1) is 12.4 Å². The highest BCUT2D eigenvalue weighted by Gasteiger charge is 2.36. The summed E-state index contributed by atoms with van der Waals surface area (Å²) in [5.41, 5.74) is 0.647. The topological polar surface area (TPSA) is 70.8 Å². The molecule has 1 heterocycles. The van der Waals surface area contributed by atoms with Gasteiger partial charge in [0.15, 0.2) is 0 Å². The van der Waals surface area contributed by atoms with Crippen molar-refractivity contribution in [1.29, 1.82) is 0 Å². The lowest BCUT2D eigenvalue weighted by Gasteiger charge is -2.36. The van der Waals surface area contributed by atoms with Crippen molar-refractivity contribution in [3.63, 3.8) is 0 Å². The van der Waals surface area contributed by atoms with E-state index < -0.39 is 17.5 Å². The second-order valence-electron chi connectivity index (χ2n) is 8.64. The molecule has 1 N–H and O–H groups in total. The van der Waals surface area contributed by atoms with Gasteiger partial charge in [0.05, 0.1) is 10.9 Å². The number of Topliss-reactive ketones (excluding diaryl/α,β-unsaturated/α-hetero) is 1. The Balaban J connectivity index is 0.00000363. The molecular formula is C26H32ClNO4. The number of aromatic hydroxyl groups is 1. The molecule has 1 aromatic heterocycles. The predicted molar refractivity (Wildman–Crippen MR) is 131 cm³/mol. The van der Waals surface area contributed by atoms with Crippen LogP contribution in [-0.4, -0.2) is 34.4 Å². The molecule has 3 aromatic rings. The van der Waals surface area contributed by atoms with Gasteiger partial charge in [-0.2, -0.15) is 0 Å². The Morgan fingerprint density at radius 1 is 0.969 bits per heavy atom. The van der Waals surface area contributed by atoms with Crippen molar-refractivity contribution < 1.29 is 14.3 Å². The average Bonchev–Trinajstić information content (AvgIpc) is 2.72. The fraction of sp³-hybridized carbons (Fsp3) is 0.385. The maximum absolute atomic E-state index is 13.1. The van der Waals surface area contributed by atoms with E-state index in [1.54, 1.807) is 31.2 Å². The molecule has 3 rings (SSSR count). The number of carbonyl (C=O) groups excluding carboxylic acids is 1. The zero-order valence-electron chi connectivity index (χ0n) is 19.2. The quantitative estimate of drug-likeness (QED) is 0.460. The summed E-state index contributed by atoms with van der Waals surface area (Å²) in [5, 5.41) is 11.6. The molecule has 2 aromatic carbocycles. The molecule has 0 amide bonds. The molecule has 0 aliphatic heterocycles. The van der Waals surface area contributed by atoms with Crippen LogP contribution in [0.15, 0.2) is 63.8 Å². The summed E-state index contributed by atoms with van der Waals surface area (Å²) < 4.78 is 5.57. The summed E-state index contributed by atoms with van der Waals surface area (Å²) in [6.07, 6.45) is 0. The van der Waals surface area contributed by atoms with Crippen molar-refractivity contribution in [3.8, 4) is 5.75 Å². The number of para-hydroxylation sites is 1. The van der Waals surface area contributed by atoms with Gasteiger partial charge in [-0.3, -0.25) is 9.69 Å². The number of rotatable bonds is 8. The van der Waals surface area contributed by atoms with E-state index in [0.29, 0.717) is 17.5 Å². The summed E-state index contributed by atoms with van der Waals surface area (Å²) >= 11 is 0. The molecule has 32 heavy (non-hydrogen) atoms. The highest BCUT2D eigenvalue weighted by Crippen LogP contribution is 2.39. The lowest BCUT2D eigenvalue weighted by molar-refractivity contribution is -0.122. The molecule has 0 radical (unpaired) electrons. The normalized spacial score (nSPS) is 13.4. The zero-order chi connectivity index (χ0) is 22.7. The largest absolute Gasteiger partial charge is 0.507 e. The molecule has 0 spiro atoms. The van der Waals surface area contributed by atoms with E-state index in [2.05, 4.69) is 32.6 Å². The van der Waals surface area contributed by atoms with Crippen molar-refractivity contribution in [1.82, 2.24) is 4.90 Å². The number of fused-ring (bicyclic) bond motifs is 1. The monoisotopic (exact) mass is 457 g/mol. The number of halogens is 1. The molecule has 5 nitrogen and oxygen atoms in total. The van der Waals surface area contributed by atoms with Gasteiger partial charge in [0, 0.05) is 30.5 Å². The number of carbonyl (C=O) groups is 1. The van der Waals surface area contributed by atoms with Gasteiger partial charge in [0.1, 0.15) is 17.1 Å². The van der Waals surface area contributed by atoms with Crippen LogP contribution in [0, 0.1) is 5.92 Å². The highest BCUT2D eigenvalue weighted by molar-refractivity contribution is 5.86. The third kappa shape index (κ3) is 5.22. The lowest BCUT2D eigenvalue weighted by Crippen LogP contribution is -2.44. The van der Waals surface area contributed by atoms with Crippen LogP contribution in [0.2, 0.25) is 0 Å². The van der Waals surface area contributed by atoms with Gasteiger partial charge < -0.3 is 9.52 Å². The molecular weight excluding hydrogens is 426 g/mol. The Morgan fingerprint density at radius 2 is 1.53 bits per heavy atom. The average molecular weight is 458 g/mol. The van der Waals surface area contributed by atoms with Gasteiger partial charge in [-0.25, -0.2) is 4.79 Å². The van der Waals surface area contributed by atoms with Crippen LogP contribution < -0.4 is 5.63 Å². The standard InChI is InChI=1S/C26H31NO4.ClH/c1-16(2)27(17(3)4)15-21(18(5)28)23(19-11-7-6-8-12-19)24-25(29)20-13-9-10-14-22(20)31-26(24)30;/h6-14,16-17,21,23,29H,15H2,1-5H3;1H. The molecule has 0 aliphatic carbocycles. The first-order valence-corrected chi connectivity index (χ1v) is 10.8. The first-order valence-electron chi connectivity index (χ1n) is 10.8. The minimum Gasteiger partial charge on any atom is -0.507 e. The first kappa shape index (κ1) is 25.6. The van der Waals surface area contributed by atoms with Gasteiger partial charge in [-0.1, -0.05) is 42.5 Å². The van der Waals surface area contributed by atoms with Gasteiger partial charge in [-0.05, 0) is 52.3 Å². The van der Waals surface area contributed by atoms with Gasteiger partial charge in [0.25, 0.3) is 0 Å². The molecule has 0 bridgehead atoms. The van der Waals surface area contributed by atoms with E-state index in [0.717, 1.165) is 5.56 Å². The first-order chi connectivity index (χ1) is 14.7. The number of nitrogens with zero attached hydrogens (tertiary/aromatic N) is 1. The smallest absolute Gasteiger partial charge is 0.343 e. The Bertz CT molecular complexity index is 1100. The molecule has 0 fully saturated rings. The second-order valence-corrected chi connectivity index (χ2v) is 8.64. The van der Waals surface area contributed by atoms with Gasteiger partial charge in [0.2, 0.25) is 0 Å². The summed E-state index contributed by atoms with van der Waals surface area (Å²) in [6, 6.07) is 16.8. The lowest BCUT2D eigenvalue weighted by atomic mass is 9.78. The summed E-state index contributed by atoms with van der Waals surface area (Å²) in [6.45, 7) is 10.4. The summed E-state index contributed by atoms with van der Waals surface area (Å²) in [5.74, 6) is -1.30. The molecule has 6 heteroatoms. The van der Waals surface area contributed by atoms with E-state index in [1.165, 1.54) is 0 Å². The number of benzene rings is 2. The number of hydrogen-bond donors (Lipinski definition) is 1. The molecule has 172 valence electrons. The van der Waals surface area contributed by atoms with E-state index in [9.17, 15) is 14.7 Å². The molecule has 2 atom stereocenters. The third-order valence-electron chi connectivity index (χ3n) is 5.95. The maximum atomic E-state index is 13.1. The van der Waals surface area contributed by atoms with Crippen molar-refractivity contribution in [2.24, 2.45) is 5.92 Å². The van der Waals surface area contributed by atoms with Crippen LogP contribution in [0.25, 0.3) is 11.0 Å². The van der Waals surface area contributed by atoms with Crippen molar-refractivity contribution in [3.05, 3.63) is 76.1 Å². The fourth-order valence-corrected chi connectivity index (χ4v) is 4.40. The van der Waals surface area contributed by atoms with E-state index in [4.69, 9.17) is 4.42 Å². The Labute approximate surface area is 195 Å². The maximum Gasteiger partial charge on any atom is 0.343 e. The van der Waals surface area contributed by atoms with Crippen LogP contribution in [0.4, 0.5) is 0 Å². The highest BCUT2D eigenvalue weighted by atomic mass is 35.5. The Kier molecular flexibility index (Phi) is 8.65. The SMILES string of the molecule is CC(=O)C(CN(C(C)C)C(C)C)C(c1ccccc1)c1c(O)c2ccccc2oc1=O.Cl. The fourth-order valence-electron chi connectivity index (χ4n) is 4.40. The van der Waals surface area contributed by atoms with E-state index >= 15 is 0 Å². The zero-order valence-corrected chi connectivity index (χ0v) is 20.1. The summed E-state index contributed by atoms with van der Waals surface area (Å²) in [4.78, 5) is 28.3. The van der Waals surface area contributed by atoms with Crippen LogP contribution in [0.1, 0.15) is 51.7 Å². The van der Waals surface area contributed by atoms with E-state index in [-0.39, 0.29) is 41.6 Å². The molecule has 2 unspecified atom stereocenters. The van der Waals surface area contributed by atoms with Crippen LogP contribution in [-0.2, 0) is 4.79 Å². The van der Waals surface area contributed by atoms with E-state index in [1.807, 2.05) is 30.3 Å². The molecule has 0 saturated heterocycles. The molecule has 0 saturated carbocycles. The van der Waals surface area contributed by atoms with Crippen molar-refractivity contribution in [2.75, 3.05) is 6.54 Å². The van der Waals surface area contributed by atoms with Crippen LogP contribution in [0.5, 0.6) is 5.75 Å². The van der Waals surface area contributed by atoms with Crippen molar-refractivity contribution in [2.45, 2.75) is 52.6 Å². The Hall–Kier alpha value is -2.63. The Morgan fingerprint density at radius 3 is 2.09 bits per heavy atom. The third-order valence-corrected chi connectivity index (χ3v) is 5.95. The minimum absolute atomic E-state index is 0. The van der Waals surface area contributed by atoms with Crippen LogP contribution >= 0.6 is 12.4 Å². The predicted octanol–water partition coefficient (Wildman–Crippen LogP) is 5.38. The molecule has 0 aliphatic rings. The van der Waals surface area contributed by atoms with Crippen molar-refractivity contribution >= 4 is 29.2 Å². The van der Waals surface area contributed by atoms with Gasteiger partial charge >= 0.3 is 5.63 Å². The number of hydrogen-bond acceptors (Lipinski definition) is 5. The van der Waals surface area contributed by atoms with Crippen LogP contribution in [0.3, 0.4) is 0 Å². The second kappa shape index (κ2) is 10.8. The number of ketones is 1. The minimum atomic E-state index is -0.625. The summed E-state index contributed by atoms with van der Waals surface area (Å²) in [7, 11) is 0.